The van der Waals surface area contributed by atoms with Crippen LogP contribution in [0.15, 0.2) is 42.5 Å². The van der Waals surface area contributed by atoms with Crippen LogP contribution in [0.4, 0.5) is 13.2 Å². The van der Waals surface area contributed by atoms with Crippen molar-refractivity contribution in [3.8, 4) is 11.5 Å². The summed E-state index contributed by atoms with van der Waals surface area (Å²) in [5, 5.41) is 9.78. The summed E-state index contributed by atoms with van der Waals surface area (Å²) in [6, 6.07) is 8.62. The van der Waals surface area contributed by atoms with E-state index < -0.39 is 29.8 Å². The molecule has 1 aliphatic rings. The van der Waals surface area contributed by atoms with Crippen molar-refractivity contribution >= 4 is 5.97 Å². The van der Waals surface area contributed by atoms with Gasteiger partial charge < -0.3 is 14.6 Å². The van der Waals surface area contributed by atoms with Crippen molar-refractivity contribution in [2.24, 2.45) is 0 Å². The topological polar surface area (TPSA) is 59.0 Å². The van der Waals surface area contributed by atoms with E-state index in [9.17, 15) is 23.1 Å². The van der Waals surface area contributed by atoms with Gasteiger partial charge in [-0.1, -0.05) is 30.7 Å². The van der Waals surface area contributed by atoms with Crippen LogP contribution in [-0.2, 0) is 11.0 Å². The Morgan fingerprint density at radius 2 is 1.87 bits per heavy atom. The van der Waals surface area contributed by atoms with E-state index in [-0.39, 0.29) is 0 Å². The molecule has 2 unspecified atom stereocenters. The number of para-hydroxylation sites is 1. The Morgan fingerprint density at radius 3 is 2.50 bits per heavy atom. The van der Waals surface area contributed by atoms with Gasteiger partial charge in [0.1, 0.15) is 6.04 Å². The number of alkyl halides is 3. The van der Waals surface area contributed by atoms with Crippen molar-refractivity contribution in [3.63, 3.8) is 0 Å². The number of carbonyl (C=O) groups is 1. The van der Waals surface area contributed by atoms with Gasteiger partial charge >= 0.3 is 12.1 Å². The number of methoxy groups -OCH3 is 2. The van der Waals surface area contributed by atoms with Crippen LogP contribution in [-0.4, -0.2) is 42.8 Å². The maximum absolute atomic E-state index is 13.4. The minimum Gasteiger partial charge on any atom is -0.493 e. The molecule has 1 N–H and O–H groups in total. The lowest BCUT2D eigenvalue weighted by atomic mass is 9.90. The lowest BCUT2D eigenvalue weighted by molar-refractivity contribution is -0.145. The van der Waals surface area contributed by atoms with Crippen molar-refractivity contribution in [2.45, 2.75) is 37.5 Å². The number of halogens is 3. The number of likely N-dealkylation sites (tertiary alicyclic amines) is 1. The molecule has 1 aliphatic heterocycles. The summed E-state index contributed by atoms with van der Waals surface area (Å²) in [5.41, 5.74) is 0.129. The summed E-state index contributed by atoms with van der Waals surface area (Å²) in [5.74, 6) is -0.193. The standard InChI is InChI=1S/C22H24F3NO4/c1-29-18-11-6-9-16(20(18)30-2)19(26-12-4-3-10-17(26)21(27)28)14-7-5-8-15(13-14)22(23,24)25/h5-9,11,13,17,19H,3-4,10,12H2,1-2H3,(H,27,28). The maximum atomic E-state index is 13.4. The van der Waals surface area contributed by atoms with E-state index in [4.69, 9.17) is 9.47 Å². The van der Waals surface area contributed by atoms with Gasteiger partial charge in [-0.2, -0.15) is 13.2 Å². The molecule has 0 aromatic heterocycles. The average Bonchev–Trinajstić information content (AvgIpc) is 2.73. The van der Waals surface area contributed by atoms with Gasteiger partial charge in [0.2, 0.25) is 0 Å². The molecule has 0 saturated carbocycles. The van der Waals surface area contributed by atoms with Gasteiger partial charge in [-0.05, 0) is 43.1 Å². The van der Waals surface area contributed by atoms with E-state index >= 15 is 0 Å². The summed E-state index contributed by atoms with van der Waals surface area (Å²) >= 11 is 0. The summed E-state index contributed by atoms with van der Waals surface area (Å²) in [7, 11) is 2.93. The summed E-state index contributed by atoms with van der Waals surface area (Å²) in [4.78, 5) is 13.7. The fourth-order valence-electron chi connectivity index (χ4n) is 4.09. The summed E-state index contributed by atoms with van der Waals surface area (Å²) < 4.78 is 51.1. The zero-order chi connectivity index (χ0) is 21.9. The number of rotatable bonds is 6. The fourth-order valence-corrected chi connectivity index (χ4v) is 4.09. The van der Waals surface area contributed by atoms with E-state index in [0.717, 1.165) is 25.0 Å². The Hall–Kier alpha value is -2.74. The lowest BCUT2D eigenvalue weighted by Crippen LogP contribution is -2.47. The van der Waals surface area contributed by atoms with Crippen molar-refractivity contribution in [3.05, 3.63) is 59.2 Å². The van der Waals surface area contributed by atoms with E-state index in [2.05, 4.69) is 0 Å². The molecule has 1 saturated heterocycles. The second-order valence-corrected chi connectivity index (χ2v) is 7.20. The van der Waals surface area contributed by atoms with Gasteiger partial charge in [0, 0.05) is 5.56 Å². The smallest absolute Gasteiger partial charge is 0.416 e. The SMILES string of the molecule is COc1cccc(C(c2cccc(C(F)(F)F)c2)N2CCCCC2C(=O)O)c1OC. The monoisotopic (exact) mass is 423 g/mol. The minimum atomic E-state index is -4.51. The Kier molecular flexibility index (Phi) is 6.55. The average molecular weight is 423 g/mol. The zero-order valence-corrected chi connectivity index (χ0v) is 16.8. The molecule has 2 atom stereocenters. The van der Waals surface area contributed by atoms with Crippen molar-refractivity contribution in [1.82, 2.24) is 4.90 Å². The largest absolute Gasteiger partial charge is 0.493 e. The van der Waals surface area contributed by atoms with Crippen LogP contribution in [0.3, 0.4) is 0 Å². The van der Waals surface area contributed by atoms with Crippen LogP contribution >= 0.6 is 0 Å². The Labute approximate surface area is 173 Å². The number of piperidine rings is 1. The molecule has 8 heteroatoms. The molecule has 3 rings (SSSR count). The first kappa shape index (κ1) is 22.0. The van der Waals surface area contributed by atoms with Gasteiger partial charge in [0.05, 0.1) is 25.8 Å². The van der Waals surface area contributed by atoms with Crippen molar-refractivity contribution in [1.29, 1.82) is 0 Å². The second kappa shape index (κ2) is 8.95. The van der Waals surface area contributed by atoms with E-state index in [1.54, 1.807) is 29.2 Å². The Morgan fingerprint density at radius 1 is 1.13 bits per heavy atom. The third-order valence-electron chi connectivity index (χ3n) is 5.42. The van der Waals surface area contributed by atoms with Crippen molar-refractivity contribution in [2.75, 3.05) is 20.8 Å². The number of carboxylic acid groups (broad SMARTS) is 1. The van der Waals surface area contributed by atoms with E-state index in [1.807, 2.05) is 0 Å². The number of hydrogen-bond donors (Lipinski definition) is 1. The normalized spacial score (nSPS) is 18.6. The Bertz CT molecular complexity index is 900. The predicted octanol–water partition coefficient (Wildman–Crippen LogP) is 4.75. The summed E-state index contributed by atoms with van der Waals surface area (Å²) in [6.45, 7) is 0.443. The molecule has 162 valence electrons. The second-order valence-electron chi connectivity index (χ2n) is 7.20. The van der Waals surface area contributed by atoms with Crippen LogP contribution < -0.4 is 9.47 Å². The molecule has 30 heavy (non-hydrogen) atoms. The molecule has 1 fully saturated rings. The molecule has 2 aromatic rings. The first-order chi connectivity index (χ1) is 14.3. The van der Waals surface area contributed by atoms with Gasteiger partial charge in [-0.15, -0.1) is 0 Å². The zero-order valence-electron chi connectivity index (χ0n) is 16.8. The van der Waals surface area contributed by atoms with Crippen LogP contribution in [0.2, 0.25) is 0 Å². The predicted molar refractivity (Wildman–Crippen MR) is 105 cm³/mol. The highest BCUT2D eigenvalue weighted by molar-refractivity contribution is 5.74. The molecule has 0 spiro atoms. The number of carboxylic acids is 1. The number of aliphatic carboxylic acids is 1. The molecular weight excluding hydrogens is 399 g/mol. The lowest BCUT2D eigenvalue weighted by Gasteiger charge is -2.40. The first-order valence-electron chi connectivity index (χ1n) is 9.64. The maximum Gasteiger partial charge on any atom is 0.416 e. The van der Waals surface area contributed by atoms with E-state index in [0.29, 0.717) is 35.6 Å². The van der Waals surface area contributed by atoms with Gasteiger partial charge in [-0.25, -0.2) is 0 Å². The molecule has 0 aliphatic carbocycles. The highest BCUT2D eigenvalue weighted by Gasteiger charge is 2.38. The third kappa shape index (κ3) is 4.38. The molecule has 0 amide bonds. The first-order valence-corrected chi connectivity index (χ1v) is 9.64. The molecule has 0 bridgehead atoms. The highest BCUT2D eigenvalue weighted by Crippen LogP contribution is 2.43. The Balaban J connectivity index is 2.22. The molecule has 0 radical (unpaired) electrons. The van der Waals surface area contributed by atoms with Crippen LogP contribution in [0.25, 0.3) is 0 Å². The molecule has 5 nitrogen and oxygen atoms in total. The minimum absolute atomic E-state index is 0.351. The molecule has 2 aromatic carbocycles. The number of benzene rings is 2. The number of ether oxygens (including phenoxy) is 2. The fraction of sp³-hybridized carbons (Fsp3) is 0.409. The van der Waals surface area contributed by atoms with Gasteiger partial charge in [-0.3, -0.25) is 9.69 Å². The molecular formula is C22H24F3NO4. The summed E-state index contributed by atoms with van der Waals surface area (Å²) in [6.07, 6.45) is -2.58. The van der Waals surface area contributed by atoms with E-state index in [1.165, 1.54) is 20.3 Å². The number of nitrogens with zero attached hydrogens (tertiary/aromatic N) is 1. The number of hydrogen-bond acceptors (Lipinski definition) is 4. The quantitative estimate of drug-likeness (QED) is 0.727. The van der Waals surface area contributed by atoms with Crippen LogP contribution in [0, 0.1) is 0 Å². The van der Waals surface area contributed by atoms with Crippen molar-refractivity contribution < 1.29 is 32.5 Å². The van der Waals surface area contributed by atoms with Gasteiger partial charge in [0.25, 0.3) is 0 Å². The highest BCUT2D eigenvalue weighted by atomic mass is 19.4. The van der Waals surface area contributed by atoms with Crippen LogP contribution in [0.1, 0.15) is 42.0 Å². The van der Waals surface area contributed by atoms with Crippen LogP contribution in [0.5, 0.6) is 11.5 Å². The third-order valence-corrected chi connectivity index (χ3v) is 5.42. The van der Waals surface area contributed by atoms with Gasteiger partial charge in [0.15, 0.2) is 11.5 Å². The molecule has 1 heterocycles.